The summed E-state index contributed by atoms with van der Waals surface area (Å²) >= 11 is 1.59. The van der Waals surface area contributed by atoms with E-state index in [2.05, 4.69) is 15.5 Å². The SMILES string of the molecule is CSc1nnc([C@@H]2CCCN(C(=O)NCc3ccccc3)C2)n1C. The fourth-order valence-corrected chi connectivity index (χ4v) is 3.61. The van der Waals surface area contributed by atoms with Gasteiger partial charge in [0.1, 0.15) is 5.82 Å². The van der Waals surface area contributed by atoms with Crippen molar-refractivity contribution < 1.29 is 4.79 Å². The van der Waals surface area contributed by atoms with Crippen LogP contribution in [0.15, 0.2) is 35.5 Å². The third-order valence-electron chi connectivity index (χ3n) is 4.41. The van der Waals surface area contributed by atoms with Crippen molar-refractivity contribution in [2.24, 2.45) is 7.05 Å². The molecule has 0 saturated carbocycles. The molecule has 2 heterocycles. The number of carbonyl (C=O) groups excluding carboxylic acids is 1. The van der Waals surface area contributed by atoms with Gasteiger partial charge in [0.25, 0.3) is 0 Å². The molecule has 1 aliphatic heterocycles. The topological polar surface area (TPSA) is 63.1 Å². The summed E-state index contributed by atoms with van der Waals surface area (Å²) in [7, 11) is 2.00. The van der Waals surface area contributed by atoms with Crippen molar-refractivity contribution in [1.82, 2.24) is 25.0 Å². The zero-order valence-electron chi connectivity index (χ0n) is 14.1. The molecule has 128 valence electrons. The first-order chi connectivity index (χ1) is 11.7. The van der Waals surface area contributed by atoms with Crippen molar-refractivity contribution in [3.05, 3.63) is 41.7 Å². The minimum Gasteiger partial charge on any atom is -0.334 e. The standard InChI is InChI=1S/C17H23N5OS/c1-21-15(19-20-17(21)24-2)14-9-6-10-22(12-14)16(23)18-11-13-7-4-3-5-8-13/h3-5,7-8,14H,6,9-12H2,1-2H3,(H,18,23)/t14-/m1/s1. The number of piperidine rings is 1. The molecule has 2 amide bonds. The number of nitrogens with one attached hydrogen (secondary N) is 1. The van der Waals surface area contributed by atoms with Gasteiger partial charge in [-0.1, -0.05) is 42.1 Å². The lowest BCUT2D eigenvalue weighted by atomic mass is 9.97. The Bertz CT molecular complexity index is 688. The summed E-state index contributed by atoms with van der Waals surface area (Å²) in [6, 6.07) is 9.97. The van der Waals surface area contributed by atoms with Crippen molar-refractivity contribution in [2.45, 2.75) is 30.5 Å². The number of hydrogen-bond acceptors (Lipinski definition) is 4. The number of benzene rings is 1. The van der Waals surface area contributed by atoms with Crippen LogP contribution in [0.4, 0.5) is 4.79 Å². The van der Waals surface area contributed by atoms with Gasteiger partial charge < -0.3 is 14.8 Å². The summed E-state index contributed by atoms with van der Waals surface area (Å²) in [5.74, 6) is 1.22. The average molecular weight is 345 g/mol. The van der Waals surface area contributed by atoms with E-state index in [1.54, 1.807) is 11.8 Å². The fourth-order valence-electron chi connectivity index (χ4n) is 3.12. The van der Waals surface area contributed by atoms with Crippen LogP contribution in [0.2, 0.25) is 0 Å². The van der Waals surface area contributed by atoms with Crippen LogP contribution in [0, 0.1) is 0 Å². The Morgan fingerprint density at radius 3 is 2.83 bits per heavy atom. The maximum Gasteiger partial charge on any atom is 0.317 e. The molecule has 24 heavy (non-hydrogen) atoms. The van der Waals surface area contributed by atoms with Gasteiger partial charge in [0.2, 0.25) is 0 Å². The predicted molar refractivity (Wildman–Crippen MR) is 95.0 cm³/mol. The van der Waals surface area contributed by atoms with Crippen molar-refractivity contribution >= 4 is 17.8 Å². The number of rotatable bonds is 4. The van der Waals surface area contributed by atoms with Crippen LogP contribution < -0.4 is 5.32 Å². The van der Waals surface area contributed by atoms with E-state index in [9.17, 15) is 4.79 Å². The molecule has 0 radical (unpaired) electrons. The lowest BCUT2D eigenvalue weighted by Gasteiger charge is -2.32. The number of thioether (sulfide) groups is 1. The molecule has 1 atom stereocenters. The van der Waals surface area contributed by atoms with Crippen LogP contribution in [0.1, 0.15) is 30.1 Å². The Kier molecular flexibility index (Phi) is 5.40. The van der Waals surface area contributed by atoms with E-state index in [4.69, 9.17) is 0 Å². The monoisotopic (exact) mass is 345 g/mol. The smallest absolute Gasteiger partial charge is 0.317 e. The lowest BCUT2D eigenvalue weighted by molar-refractivity contribution is 0.177. The van der Waals surface area contributed by atoms with E-state index in [-0.39, 0.29) is 11.9 Å². The lowest BCUT2D eigenvalue weighted by Crippen LogP contribution is -2.45. The minimum atomic E-state index is -0.00388. The number of carbonyl (C=O) groups is 1. The Hall–Kier alpha value is -2.02. The van der Waals surface area contributed by atoms with Gasteiger partial charge in [0.15, 0.2) is 5.16 Å². The minimum absolute atomic E-state index is 0.00388. The van der Waals surface area contributed by atoms with Gasteiger partial charge in [-0.05, 0) is 24.7 Å². The van der Waals surface area contributed by atoms with Gasteiger partial charge in [0.05, 0.1) is 0 Å². The van der Waals surface area contributed by atoms with Crippen molar-refractivity contribution in [2.75, 3.05) is 19.3 Å². The molecule has 1 aromatic heterocycles. The molecule has 1 aliphatic rings. The summed E-state index contributed by atoms with van der Waals surface area (Å²) in [4.78, 5) is 14.4. The number of likely N-dealkylation sites (tertiary alicyclic amines) is 1. The molecule has 6 nitrogen and oxygen atoms in total. The Morgan fingerprint density at radius 1 is 1.33 bits per heavy atom. The predicted octanol–water partition coefficient (Wildman–Crippen LogP) is 2.63. The van der Waals surface area contributed by atoms with E-state index in [0.29, 0.717) is 13.1 Å². The van der Waals surface area contributed by atoms with Crippen LogP contribution in [-0.4, -0.2) is 45.0 Å². The molecular weight excluding hydrogens is 322 g/mol. The summed E-state index contributed by atoms with van der Waals surface area (Å²) in [6.07, 6.45) is 4.03. The first-order valence-corrected chi connectivity index (χ1v) is 9.41. The first-order valence-electron chi connectivity index (χ1n) is 8.19. The third-order valence-corrected chi connectivity index (χ3v) is 5.13. The van der Waals surface area contributed by atoms with E-state index < -0.39 is 0 Å². The normalized spacial score (nSPS) is 17.8. The Labute approximate surface area is 146 Å². The molecule has 1 saturated heterocycles. The van der Waals surface area contributed by atoms with Gasteiger partial charge in [-0.2, -0.15) is 0 Å². The van der Waals surface area contributed by atoms with Gasteiger partial charge >= 0.3 is 6.03 Å². The van der Waals surface area contributed by atoms with Gasteiger partial charge in [-0.15, -0.1) is 10.2 Å². The molecule has 0 spiro atoms. The second-order valence-electron chi connectivity index (χ2n) is 6.03. The number of aromatic nitrogens is 3. The summed E-state index contributed by atoms with van der Waals surface area (Å²) in [5.41, 5.74) is 1.11. The number of nitrogens with zero attached hydrogens (tertiary/aromatic N) is 4. The molecule has 2 aromatic rings. The van der Waals surface area contributed by atoms with E-state index >= 15 is 0 Å². The third kappa shape index (κ3) is 3.72. The molecule has 1 N–H and O–H groups in total. The first kappa shape index (κ1) is 16.8. The van der Waals surface area contributed by atoms with E-state index in [1.165, 1.54) is 0 Å². The molecule has 3 rings (SSSR count). The van der Waals surface area contributed by atoms with Crippen LogP contribution in [0.5, 0.6) is 0 Å². The molecular formula is C17H23N5OS. The van der Waals surface area contributed by atoms with Crippen molar-refractivity contribution in [3.63, 3.8) is 0 Å². The molecule has 0 unspecified atom stereocenters. The molecule has 1 aromatic carbocycles. The summed E-state index contributed by atoms with van der Waals surface area (Å²) in [6.45, 7) is 2.05. The quantitative estimate of drug-likeness (QED) is 0.865. The highest BCUT2D eigenvalue weighted by Crippen LogP contribution is 2.27. The number of amides is 2. The molecule has 0 bridgehead atoms. The highest BCUT2D eigenvalue weighted by atomic mass is 32.2. The van der Waals surface area contributed by atoms with E-state index in [0.717, 1.165) is 35.9 Å². The fraction of sp³-hybridized carbons (Fsp3) is 0.471. The molecule has 7 heteroatoms. The largest absolute Gasteiger partial charge is 0.334 e. The van der Waals surface area contributed by atoms with Crippen LogP contribution in [0.25, 0.3) is 0 Å². The van der Waals surface area contributed by atoms with Crippen LogP contribution >= 0.6 is 11.8 Å². The maximum atomic E-state index is 12.5. The average Bonchev–Trinajstić information content (AvgIpc) is 3.01. The van der Waals surface area contributed by atoms with Crippen molar-refractivity contribution in [3.8, 4) is 0 Å². The summed E-state index contributed by atoms with van der Waals surface area (Å²) < 4.78 is 2.04. The second kappa shape index (κ2) is 7.70. The molecule has 1 fully saturated rings. The number of urea groups is 1. The zero-order chi connectivity index (χ0) is 16.9. The van der Waals surface area contributed by atoms with Gasteiger partial charge in [0, 0.05) is 32.6 Å². The Morgan fingerprint density at radius 2 is 2.12 bits per heavy atom. The highest BCUT2D eigenvalue weighted by molar-refractivity contribution is 7.98. The summed E-state index contributed by atoms with van der Waals surface area (Å²) in [5, 5.41) is 12.5. The van der Waals surface area contributed by atoms with Gasteiger partial charge in [-0.3, -0.25) is 0 Å². The maximum absolute atomic E-state index is 12.5. The molecule has 0 aliphatic carbocycles. The zero-order valence-corrected chi connectivity index (χ0v) is 14.9. The van der Waals surface area contributed by atoms with Crippen LogP contribution in [-0.2, 0) is 13.6 Å². The second-order valence-corrected chi connectivity index (χ2v) is 6.81. The van der Waals surface area contributed by atoms with Crippen molar-refractivity contribution in [1.29, 1.82) is 0 Å². The number of hydrogen-bond donors (Lipinski definition) is 1. The van der Waals surface area contributed by atoms with E-state index in [1.807, 2.05) is 53.1 Å². The van der Waals surface area contributed by atoms with Crippen LogP contribution in [0.3, 0.4) is 0 Å². The van der Waals surface area contributed by atoms with Gasteiger partial charge in [-0.25, -0.2) is 4.79 Å². The highest BCUT2D eigenvalue weighted by Gasteiger charge is 2.28. The Balaban J connectivity index is 1.60.